The molecule has 186 valence electrons. The van der Waals surface area contributed by atoms with Gasteiger partial charge in [0, 0.05) is 12.1 Å². The van der Waals surface area contributed by atoms with Crippen molar-refractivity contribution in [2.24, 2.45) is 0 Å². The Morgan fingerprint density at radius 1 is 1.00 bits per heavy atom. The molecule has 1 aliphatic rings. The summed E-state index contributed by atoms with van der Waals surface area (Å²) in [5, 5.41) is 16.2. The third-order valence-electron chi connectivity index (χ3n) is 6.29. The van der Waals surface area contributed by atoms with Crippen molar-refractivity contribution < 1.29 is 14.4 Å². The number of piperidine rings is 1. The van der Waals surface area contributed by atoms with Gasteiger partial charge in [0.15, 0.2) is 0 Å². The van der Waals surface area contributed by atoms with Crippen molar-refractivity contribution in [3.63, 3.8) is 0 Å². The molecule has 3 N–H and O–H groups in total. The second-order valence-electron chi connectivity index (χ2n) is 8.85. The first-order chi connectivity index (χ1) is 17.9. The first kappa shape index (κ1) is 23.9. The Morgan fingerprint density at radius 3 is 2.57 bits per heavy atom. The van der Waals surface area contributed by atoms with Crippen LogP contribution in [-0.4, -0.2) is 32.8 Å². The number of carbonyl (C=O) groups excluding carboxylic acids is 3. The molecule has 5 rings (SSSR count). The number of amides is 4. The van der Waals surface area contributed by atoms with E-state index in [2.05, 4.69) is 26.3 Å². The maximum atomic E-state index is 13.1. The van der Waals surface area contributed by atoms with E-state index >= 15 is 0 Å². The summed E-state index contributed by atoms with van der Waals surface area (Å²) >= 11 is 0. The minimum atomic E-state index is -0.904. The monoisotopic (exact) mass is 496 g/mol. The molecule has 10 heteroatoms. The van der Waals surface area contributed by atoms with Crippen LogP contribution in [-0.2, 0) is 9.59 Å². The largest absolute Gasteiger partial charge is 0.331 e. The molecule has 0 spiro atoms. The summed E-state index contributed by atoms with van der Waals surface area (Å²) in [6.07, 6.45) is 0.293. The van der Waals surface area contributed by atoms with Crippen LogP contribution in [0.15, 0.2) is 77.6 Å². The van der Waals surface area contributed by atoms with E-state index in [1.165, 1.54) is 0 Å². The highest BCUT2D eigenvalue weighted by atomic mass is 16.2. The smallest absolute Gasteiger partial charge is 0.319 e. The predicted molar refractivity (Wildman–Crippen MR) is 138 cm³/mol. The summed E-state index contributed by atoms with van der Waals surface area (Å²) in [6, 6.07) is 20.7. The zero-order chi connectivity index (χ0) is 25.9. The number of urea groups is 1. The fourth-order valence-electron chi connectivity index (χ4n) is 4.32. The summed E-state index contributed by atoms with van der Waals surface area (Å²) in [4.78, 5) is 49.5. The highest BCUT2D eigenvalue weighted by Crippen LogP contribution is 2.23. The molecule has 37 heavy (non-hydrogen) atoms. The molecule has 1 aliphatic heterocycles. The molecule has 2 heterocycles. The van der Waals surface area contributed by atoms with Gasteiger partial charge in [0.25, 0.3) is 11.5 Å². The minimum Gasteiger partial charge on any atom is -0.331 e. The molecule has 3 aromatic carbocycles. The molecule has 10 nitrogen and oxygen atoms in total. The van der Waals surface area contributed by atoms with E-state index in [0.29, 0.717) is 16.8 Å². The summed E-state index contributed by atoms with van der Waals surface area (Å²) in [5.74, 6) is -0.957. The molecule has 1 fully saturated rings. The van der Waals surface area contributed by atoms with Crippen LogP contribution in [0, 0.1) is 0 Å². The quantitative estimate of drug-likeness (QED) is 0.363. The van der Waals surface area contributed by atoms with Crippen molar-refractivity contribution in [1.82, 2.24) is 25.6 Å². The first-order valence-electron chi connectivity index (χ1n) is 11.8. The lowest BCUT2D eigenvalue weighted by atomic mass is 10.0. The van der Waals surface area contributed by atoms with Crippen molar-refractivity contribution in [3.05, 3.63) is 88.7 Å². The number of nitrogens with one attached hydrogen (secondary N) is 3. The third-order valence-corrected chi connectivity index (χ3v) is 6.29. The van der Waals surface area contributed by atoms with Crippen LogP contribution in [0.4, 0.5) is 10.5 Å². The van der Waals surface area contributed by atoms with E-state index in [-0.39, 0.29) is 24.1 Å². The van der Waals surface area contributed by atoms with E-state index in [1.807, 2.05) is 54.6 Å². The van der Waals surface area contributed by atoms with Crippen LogP contribution >= 0.6 is 0 Å². The van der Waals surface area contributed by atoms with Gasteiger partial charge in [-0.15, -0.1) is 5.10 Å². The van der Waals surface area contributed by atoms with Crippen LogP contribution < -0.4 is 21.5 Å². The number of anilines is 1. The average Bonchev–Trinajstić information content (AvgIpc) is 2.90. The predicted octanol–water partition coefficient (Wildman–Crippen LogP) is 3.32. The SMILES string of the molecule is CC(NC(=O)Nc1cccc(-c2ccccc2)c1)c1ccc2nnn(C3CCC(=O)NC3=O)c(=O)c2c1. The number of nitrogens with zero attached hydrogens (tertiary/aromatic N) is 3. The highest BCUT2D eigenvalue weighted by molar-refractivity contribution is 5.99. The summed E-state index contributed by atoms with van der Waals surface area (Å²) < 4.78 is 1.01. The molecule has 1 saturated heterocycles. The normalized spacial score (nSPS) is 16.2. The standard InChI is InChI=1S/C27H24N6O4/c1-16(28-27(37)29-20-9-5-8-19(14-20)17-6-3-2-4-7-17)18-10-11-22-21(15-18)26(36)33(32-31-22)23-12-13-24(34)30-25(23)35/h2-11,14-16,23H,12-13H2,1H3,(H2,28,29,37)(H,30,34,35). The molecule has 0 aliphatic carbocycles. The van der Waals surface area contributed by atoms with E-state index in [4.69, 9.17) is 0 Å². The summed E-state index contributed by atoms with van der Waals surface area (Å²) in [6.45, 7) is 1.80. The molecule has 1 aromatic heterocycles. The second-order valence-corrected chi connectivity index (χ2v) is 8.85. The van der Waals surface area contributed by atoms with Crippen LogP contribution in [0.1, 0.15) is 37.4 Å². The Kier molecular flexibility index (Phi) is 6.46. The number of benzene rings is 3. The van der Waals surface area contributed by atoms with Gasteiger partial charge < -0.3 is 10.6 Å². The lowest BCUT2D eigenvalue weighted by Crippen LogP contribution is -2.45. The van der Waals surface area contributed by atoms with Gasteiger partial charge in [-0.05, 0) is 54.3 Å². The van der Waals surface area contributed by atoms with Gasteiger partial charge in [-0.1, -0.05) is 53.7 Å². The van der Waals surface area contributed by atoms with Crippen molar-refractivity contribution in [2.45, 2.75) is 31.8 Å². The maximum Gasteiger partial charge on any atom is 0.319 e. The van der Waals surface area contributed by atoms with Crippen LogP contribution in [0.25, 0.3) is 22.0 Å². The number of hydrogen-bond donors (Lipinski definition) is 3. The molecule has 0 bridgehead atoms. The van der Waals surface area contributed by atoms with Gasteiger partial charge in [0.1, 0.15) is 11.6 Å². The molecule has 2 atom stereocenters. The molecular weight excluding hydrogens is 472 g/mol. The van der Waals surface area contributed by atoms with Gasteiger partial charge in [-0.25, -0.2) is 4.79 Å². The van der Waals surface area contributed by atoms with Gasteiger partial charge in [-0.2, -0.15) is 4.68 Å². The highest BCUT2D eigenvalue weighted by Gasteiger charge is 2.30. The third kappa shape index (κ3) is 5.08. The van der Waals surface area contributed by atoms with E-state index in [1.54, 1.807) is 25.1 Å². The van der Waals surface area contributed by atoms with Gasteiger partial charge in [0.2, 0.25) is 5.91 Å². The van der Waals surface area contributed by atoms with E-state index < -0.39 is 29.6 Å². The molecular formula is C27H24N6O4. The van der Waals surface area contributed by atoms with E-state index in [0.717, 1.165) is 15.8 Å². The first-order valence-corrected chi connectivity index (χ1v) is 11.8. The molecule has 4 amide bonds. The van der Waals surface area contributed by atoms with Crippen molar-refractivity contribution in [2.75, 3.05) is 5.32 Å². The zero-order valence-electron chi connectivity index (χ0n) is 20.0. The fourth-order valence-corrected chi connectivity index (χ4v) is 4.32. The molecule has 0 saturated carbocycles. The maximum absolute atomic E-state index is 13.1. The average molecular weight is 497 g/mol. The topological polar surface area (TPSA) is 135 Å². The zero-order valence-corrected chi connectivity index (χ0v) is 20.0. The fraction of sp³-hybridized carbons (Fsp3) is 0.185. The Balaban J connectivity index is 1.32. The Morgan fingerprint density at radius 2 is 1.78 bits per heavy atom. The number of aromatic nitrogens is 3. The summed E-state index contributed by atoms with van der Waals surface area (Å²) in [7, 11) is 0. The number of imide groups is 1. The number of carbonyl (C=O) groups is 3. The Hall–Kier alpha value is -4.86. The van der Waals surface area contributed by atoms with Gasteiger partial charge in [-0.3, -0.25) is 19.7 Å². The van der Waals surface area contributed by atoms with Crippen LogP contribution in [0.3, 0.4) is 0 Å². The lowest BCUT2D eigenvalue weighted by molar-refractivity contribution is -0.136. The van der Waals surface area contributed by atoms with Gasteiger partial charge >= 0.3 is 6.03 Å². The minimum absolute atomic E-state index is 0.118. The summed E-state index contributed by atoms with van der Waals surface area (Å²) in [5.41, 5.74) is 3.23. The Bertz CT molecular complexity index is 1570. The van der Waals surface area contributed by atoms with Crippen molar-refractivity contribution >= 4 is 34.4 Å². The molecule has 2 unspecified atom stereocenters. The molecule has 0 radical (unpaired) electrons. The number of fused-ring (bicyclic) bond motifs is 1. The number of hydrogen-bond acceptors (Lipinski definition) is 6. The van der Waals surface area contributed by atoms with Gasteiger partial charge in [0.05, 0.1) is 11.4 Å². The number of rotatable bonds is 5. The lowest BCUT2D eigenvalue weighted by Gasteiger charge is -2.21. The van der Waals surface area contributed by atoms with E-state index in [9.17, 15) is 19.2 Å². The van der Waals surface area contributed by atoms with Crippen LogP contribution in [0.5, 0.6) is 0 Å². The van der Waals surface area contributed by atoms with Crippen molar-refractivity contribution in [3.8, 4) is 11.1 Å². The van der Waals surface area contributed by atoms with Crippen LogP contribution in [0.2, 0.25) is 0 Å². The Labute approximate surface area is 211 Å². The molecule has 4 aromatic rings. The van der Waals surface area contributed by atoms with Crippen molar-refractivity contribution in [1.29, 1.82) is 0 Å². The second kappa shape index (κ2) is 10.0.